The first kappa shape index (κ1) is 26.1. The van der Waals surface area contributed by atoms with E-state index >= 15 is 0 Å². The molecule has 3 rings (SSSR count). The van der Waals surface area contributed by atoms with Crippen molar-refractivity contribution in [2.75, 3.05) is 61.7 Å². The van der Waals surface area contributed by atoms with Crippen LogP contribution in [-0.4, -0.2) is 71.4 Å². The maximum Gasteiger partial charge on any atom is 0.247 e. The molecule has 0 aliphatic rings. The monoisotopic (exact) mass is 489 g/mol. The summed E-state index contributed by atoms with van der Waals surface area (Å²) in [5.41, 5.74) is 1.93. The van der Waals surface area contributed by atoms with Crippen molar-refractivity contribution in [2.24, 2.45) is 7.05 Å². The van der Waals surface area contributed by atoms with Crippen LogP contribution in [-0.2, 0) is 11.8 Å². The Labute approximate surface area is 211 Å². The molecule has 188 valence electrons. The van der Waals surface area contributed by atoms with Gasteiger partial charge in [0, 0.05) is 51.7 Å². The van der Waals surface area contributed by atoms with E-state index in [0.29, 0.717) is 47.8 Å². The summed E-state index contributed by atoms with van der Waals surface area (Å²) in [6.45, 7) is 5.52. The fourth-order valence-corrected chi connectivity index (χ4v) is 3.33. The number of carbonyl (C=O) groups is 1. The number of ether oxygens (including phenoxy) is 1. The molecule has 0 spiro atoms. The lowest BCUT2D eigenvalue weighted by molar-refractivity contribution is -0.111. The van der Waals surface area contributed by atoms with Gasteiger partial charge >= 0.3 is 0 Å². The zero-order valence-electron chi connectivity index (χ0n) is 20.9. The van der Waals surface area contributed by atoms with Gasteiger partial charge in [-0.25, -0.2) is 4.98 Å². The predicted molar refractivity (Wildman–Crippen MR) is 143 cm³/mol. The van der Waals surface area contributed by atoms with E-state index in [4.69, 9.17) is 11.2 Å². The van der Waals surface area contributed by atoms with Crippen LogP contribution in [0.4, 0.5) is 34.6 Å². The first-order chi connectivity index (χ1) is 17.3. The molecule has 3 aromatic rings. The lowest BCUT2D eigenvalue weighted by atomic mass is 10.2. The highest BCUT2D eigenvalue weighted by molar-refractivity contribution is 6.02. The molecule has 0 fully saturated rings. The van der Waals surface area contributed by atoms with Gasteiger partial charge < -0.3 is 25.6 Å². The Morgan fingerprint density at radius 2 is 2.03 bits per heavy atom. The summed E-state index contributed by atoms with van der Waals surface area (Å²) in [6, 6.07) is 7.20. The number of aromatic nitrogens is 4. The summed E-state index contributed by atoms with van der Waals surface area (Å²) in [5.74, 6) is 4.42. The van der Waals surface area contributed by atoms with Gasteiger partial charge in [-0.05, 0) is 25.3 Å². The fraction of sp³-hybridized carbons (Fsp3) is 0.280. The predicted octanol–water partition coefficient (Wildman–Crippen LogP) is 2.83. The van der Waals surface area contributed by atoms with Gasteiger partial charge in [0.05, 0.1) is 30.7 Å². The Hall–Kier alpha value is -4.56. The Kier molecular flexibility index (Phi) is 8.85. The van der Waals surface area contributed by atoms with E-state index in [1.807, 2.05) is 49.3 Å². The molecule has 0 radical (unpaired) electrons. The first-order valence-corrected chi connectivity index (χ1v) is 11.2. The summed E-state index contributed by atoms with van der Waals surface area (Å²) in [4.78, 5) is 25.1. The zero-order valence-corrected chi connectivity index (χ0v) is 20.9. The third-order valence-electron chi connectivity index (χ3n) is 5.22. The summed E-state index contributed by atoms with van der Waals surface area (Å²) in [6.07, 6.45) is 10.1. The largest absolute Gasteiger partial charge is 0.494 e. The van der Waals surface area contributed by atoms with Crippen molar-refractivity contribution in [3.05, 3.63) is 49.3 Å². The summed E-state index contributed by atoms with van der Waals surface area (Å²) in [5, 5.41) is 13.5. The van der Waals surface area contributed by atoms with Gasteiger partial charge in [0.1, 0.15) is 11.6 Å². The van der Waals surface area contributed by atoms with Crippen LogP contribution in [0.3, 0.4) is 0 Å². The number of nitrogens with one attached hydrogen (secondary N) is 3. The van der Waals surface area contributed by atoms with Gasteiger partial charge in [-0.3, -0.25) is 14.4 Å². The van der Waals surface area contributed by atoms with Crippen molar-refractivity contribution in [2.45, 2.75) is 0 Å². The van der Waals surface area contributed by atoms with Gasteiger partial charge in [-0.15, -0.1) is 6.42 Å². The Balaban J connectivity index is 1.88. The molecule has 0 unspecified atom stereocenters. The zero-order chi connectivity index (χ0) is 26.1. The molecular weight excluding hydrogens is 458 g/mol. The van der Waals surface area contributed by atoms with Crippen molar-refractivity contribution in [1.29, 1.82) is 0 Å². The third-order valence-corrected chi connectivity index (χ3v) is 5.22. The van der Waals surface area contributed by atoms with E-state index in [1.54, 1.807) is 30.1 Å². The van der Waals surface area contributed by atoms with Gasteiger partial charge in [0.15, 0.2) is 5.82 Å². The van der Waals surface area contributed by atoms with E-state index in [2.05, 4.69) is 43.5 Å². The third kappa shape index (κ3) is 6.97. The SMILES string of the molecule is C#CCN(C)CCN(C)c1cc(OC)c(Nc2nccc(Nc3ccn(C)n3)n2)cc1NC(=O)C=C. The molecule has 11 heteroatoms. The molecule has 2 aromatic heterocycles. The van der Waals surface area contributed by atoms with Crippen LogP contribution in [0.5, 0.6) is 5.75 Å². The topological polar surface area (TPSA) is 112 Å². The average Bonchev–Trinajstić information content (AvgIpc) is 3.27. The number of hydrogen-bond donors (Lipinski definition) is 3. The maximum absolute atomic E-state index is 12.2. The van der Waals surface area contributed by atoms with Crippen LogP contribution < -0.4 is 25.6 Å². The molecule has 0 bridgehead atoms. The number of nitrogens with zero attached hydrogens (tertiary/aromatic N) is 6. The molecule has 11 nitrogen and oxygen atoms in total. The fourth-order valence-electron chi connectivity index (χ4n) is 3.33. The van der Waals surface area contributed by atoms with Crippen LogP contribution in [0.25, 0.3) is 0 Å². The van der Waals surface area contributed by atoms with Crippen LogP contribution >= 0.6 is 0 Å². The van der Waals surface area contributed by atoms with E-state index in [0.717, 1.165) is 12.2 Å². The molecule has 1 aromatic carbocycles. The number of anilines is 6. The van der Waals surface area contributed by atoms with Crippen LogP contribution in [0, 0.1) is 12.3 Å². The van der Waals surface area contributed by atoms with Crippen molar-refractivity contribution >= 4 is 40.6 Å². The van der Waals surface area contributed by atoms with Gasteiger partial charge in [0.2, 0.25) is 11.9 Å². The lowest BCUT2D eigenvalue weighted by Gasteiger charge is -2.26. The molecule has 2 heterocycles. The standard InChI is InChI=1S/C25H31N9O2/c1-7-12-32(3)14-15-33(4)20-17-21(36-6)19(16-18(20)27-24(35)8-2)28-25-26-11-9-22(30-25)29-23-10-13-34(5)31-23/h1,8-11,13,16-17H,2,12,14-15H2,3-6H3,(H,27,35)(H2,26,28,29,30,31). The van der Waals surface area contributed by atoms with Crippen molar-refractivity contribution in [1.82, 2.24) is 24.6 Å². The molecule has 0 saturated carbocycles. The minimum atomic E-state index is -0.331. The highest BCUT2D eigenvalue weighted by Gasteiger charge is 2.17. The number of amides is 1. The number of terminal acetylenes is 1. The molecular formula is C25H31N9O2. The summed E-state index contributed by atoms with van der Waals surface area (Å²) < 4.78 is 7.34. The first-order valence-electron chi connectivity index (χ1n) is 11.2. The smallest absolute Gasteiger partial charge is 0.247 e. The second kappa shape index (κ2) is 12.2. The van der Waals surface area contributed by atoms with Gasteiger partial charge in [-0.1, -0.05) is 12.5 Å². The lowest BCUT2D eigenvalue weighted by Crippen LogP contribution is -2.31. The van der Waals surface area contributed by atoms with E-state index in [9.17, 15) is 4.79 Å². The highest BCUT2D eigenvalue weighted by Crippen LogP contribution is 2.38. The number of aryl methyl sites for hydroxylation is 1. The second-order valence-corrected chi connectivity index (χ2v) is 8.02. The molecule has 0 saturated heterocycles. The maximum atomic E-state index is 12.2. The molecule has 36 heavy (non-hydrogen) atoms. The molecule has 0 atom stereocenters. The van der Waals surface area contributed by atoms with E-state index in [-0.39, 0.29) is 5.91 Å². The number of carbonyl (C=O) groups excluding carboxylic acids is 1. The van der Waals surface area contributed by atoms with Crippen molar-refractivity contribution in [3.8, 4) is 18.1 Å². The highest BCUT2D eigenvalue weighted by atomic mass is 16.5. The number of hydrogen-bond acceptors (Lipinski definition) is 9. The van der Waals surface area contributed by atoms with Crippen LogP contribution in [0.2, 0.25) is 0 Å². The van der Waals surface area contributed by atoms with E-state index < -0.39 is 0 Å². The van der Waals surface area contributed by atoms with E-state index in [1.165, 1.54) is 6.08 Å². The number of methoxy groups -OCH3 is 1. The molecule has 3 N–H and O–H groups in total. The number of rotatable bonds is 12. The summed E-state index contributed by atoms with van der Waals surface area (Å²) >= 11 is 0. The second-order valence-electron chi connectivity index (χ2n) is 8.02. The quantitative estimate of drug-likeness (QED) is 0.261. The van der Waals surface area contributed by atoms with Crippen LogP contribution in [0.1, 0.15) is 0 Å². The molecule has 0 aliphatic carbocycles. The molecule has 0 aliphatic heterocycles. The minimum Gasteiger partial charge on any atom is -0.494 e. The van der Waals surface area contributed by atoms with Crippen LogP contribution in [0.15, 0.2) is 49.3 Å². The van der Waals surface area contributed by atoms with Gasteiger partial charge in [-0.2, -0.15) is 10.1 Å². The number of likely N-dealkylation sites (N-methyl/N-ethyl adjacent to an activating group) is 2. The van der Waals surface area contributed by atoms with Gasteiger partial charge in [0.25, 0.3) is 0 Å². The van der Waals surface area contributed by atoms with Crippen molar-refractivity contribution in [3.63, 3.8) is 0 Å². The minimum absolute atomic E-state index is 0.331. The Bertz CT molecular complexity index is 1250. The number of benzene rings is 1. The Morgan fingerprint density at radius 3 is 2.69 bits per heavy atom. The average molecular weight is 490 g/mol. The summed E-state index contributed by atoms with van der Waals surface area (Å²) in [7, 11) is 7.31. The molecule has 1 amide bonds. The van der Waals surface area contributed by atoms with Crippen molar-refractivity contribution < 1.29 is 9.53 Å². The Morgan fingerprint density at radius 1 is 1.22 bits per heavy atom. The normalized spacial score (nSPS) is 10.4.